The molecule has 10 nitrogen and oxygen atoms in total. The molecule has 0 bridgehead atoms. The van der Waals surface area contributed by atoms with Crippen LogP contribution in [-0.4, -0.2) is 37.3 Å². The number of hydrogen-bond donors (Lipinski definition) is 2. The van der Waals surface area contributed by atoms with Gasteiger partial charge in [-0.15, -0.1) is 10.2 Å². The fourth-order valence-corrected chi connectivity index (χ4v) is 4.02. The summed E-state index contributed by atoms with van der Waals surface area (Å²) in [7, 11) is 0. The number of hydrogen-bond acceptors (Lipinski definition) is 7. The lowest BCUT2D eigenvalue weighted by molar-refractivity contribution is -0.384. The van der Waals surface area contributed by atoms with Gasteiger partial charge in [0.15, 0.2) is 5.16 Å². The van der Waals surface area contributed by atoms with Crippen molar-refractivity contribution in [2.45, 2.75) is 11.6 Å². The molecule has 0 saturated carbocycles. The molecule has 35 heavy (non-hydrogen) atoms. The van der Waals surface area contributed by atoms with Crippen LogP contribution in [0.4, 0.5) is 5.69 Å². The summed E-state index contributed by atoms with van der Waals surface area (Å²) in [4.78, 5) is 34.9. The van der Waals surface area contributed by atoms with Gasteiger partial charge in [0.1, 0.15) is 5.82 Å². The minimum atomic E-state index is -0.662. The second kappa shape index (κ2) is 11.1. The summed E-state index contributed by atoms with van der Waals surface area (Å²) in [6, 6.07) is 24.7. The van der Waals surface area contributed by atoms with Gasteiger partial charge in [0.25, 0.3) is 11.6 Å². The average molecular weight is 489 g/mol. The summed E-state index contributed by atoms with van der Waals surface area (Å²) in [6.07, 6.45) is 0.564. The second-order valence-electron chi connectivity index (χ2n) is 7.33. The summed E-state index contributed by atoms with van der Waals surface area (Å²) in [6.45, 7) is 0. The van der Waals surface area contributed by atoms with Gasteiger partial charge in [-0.1, -0.05) is 66.4 Å². The predicted octanol–water partition coefficient (Wildman–Crippen LogP) is 3.32. The number of amides is 2. The summed E-state index contributed by atoms with van der Waals surface area (Å²) in [5, 5.41) is 20.0. The largest absolute Gasteiger partial charge is 0.274 e. The molecule has 0 radical (unpaired) electrons. The molecule has 4 rings (SSSR count). The number of rotatable bonds is 8. The van der Waals surface area contributed by atoms with Crippen molar-refractivity contribution in [3.05, 3.63) is 112 Å². The molecular formula is C24H20N6O4S. The second-order valence-corrected chi connectivity index (χ2v) is 8.27. The van der Waals surface area contributed by atoms with Gasteiger partial charge in [0, 0.05) is 29.8 Å². The molecular weight excluding hydrogens is 468 g/mol. The number of nitrogens with zero attached hydrogens (tertiary/aromatic N) is 4. The van der Waals surface area contributed by atoms with E-state index in [-0.39, 0.29) is 17.0 Å². The molecule has 11 heteroatoms. The Bertz CT molecular complexity index is 1340. The number of carbonyl (C=O) groups excluding carboxylic acids is 2. The average Bonchev–Trinajstić information content (AvgIpc) is 3.29. The molecule has 0 aliphatic rings. The van der Waals surface area contributed by atoms with E-state index in [4.69, 9.17) is 0 Å². The van der Waals surface area contributed by atoms with Crippen molar-refractivity contribution >= 4 is 29.3 Å². The fraction of sp³-hybridized carbons (Fsp3) is 0.0833. The predicted molar refractivity (Wildman–Crippen MR) is 130 cm³/mol. The number of hydrazine groups is 1. The third kappa shape index (κ3) is 6.09. The quantitative estimate of drug-likeness (QED) is 0.221. The summed E-state index contributed by atoms with van der Waals surface area (Å²) in [5.41, 5.74) is 6.37. The van der Waals surface area contributed by atoms with Gasteiger partial charge in [-0.3, -0.25) is 35.1 Å². The van der Waals surface area contributed by atoms with Crippen LogP contribution in [0, 0.1) is 10.1 Å². The Morgan fingerprint density at radius 1 is 0.914 bits per heavy atom. The maximum atomic E-state index is 12.4. The minimum absolute atomic E-state index is 0.0362. The first-order chi connectivity index (χ1) is 17.0. The Kier molecular flexibility index (Phi) is 7.48. The Labute approximate surface area is 204 Å². The number of benzene rings is 3. The van der Waals surface area contributed by atoms with Gasteiger partial charge in [-0.25, -0.2) is 0 Å². The van der Waals surface area contributed by atoms with Crippen molar-refractivity contribution in [2.75, 3.05) is 5.75 Å². The van der Waals surface area contributed by atoms with Crippen LogP contribution < -0.4 is 10.9 Å². The van der Waals surface area contributed by atoms with Crippen LogP contribution in [-0.2, 0) is 11.2 Å². The molecule has 2 N–H and O–H groups in total. The van der Waals surface area contributed by atoms with E-state index in [9.17, 15) is 19.7 Å². The molecule has 2 amide bonds. The zero-order valence-electron chi connectivity index (χ0n) is 18.3. The van der Waals surface area contributed by atoms with Crippen molar-refractivity contribution < 1.29 is 14.5 Å². The maximum absolute atomic E-state index is 12.4. The third-order valence-corrected chi connectivity index (χ3v) is 5.82. The van der Waals surface area contributed by atoms with E-state index >= 15 is 0 Å². The summed E-state index contributed by atoms with van der Waals surface area (Å²) in [5.74, 6) is -0.444. The Morgan fingerprint density at radius 3 is 2.34 bits per heavy atom. The van der Waals surface area contributed by atoms with E-state index < -0.39 is 16.7 Å². The topological polar surface area (TPSA) is 132 Å². The van der Waals surface area contributed by atoms with Crippen LogP contribution in [0.1, 0.15) is 21.7 Å². The zero-order valence-corrected chi connectivity index (χ0v) is 19.1. The molecule has 0 atom stereocenters. The van der Waals surface area contributed by atoms with E-state index in [0.717, 1.165) is 23.1 Å². The summed E-state index contributed by atoms with van der Waals surface area (Å²) < 4.78 is 1.90. The molecule has 0 unspecified atom stereocenters. The van der Waals surface area contributed by atoms with Crippen molar-refractivity contribution in [3.63, 3.8) is 0 Å². The number of aromatic nitrogens is 3. The number of para-hydroxylation sites is 1. The zero-order chi connectivity index (χ0) is 24.6. The van der Waals surface area contributed by atoms with E-state index in [0.29, 0.717) is 11.6 Å². The van der Waals surface area contributed by atoms with E-state index in [1.165, 1.54) is 30.0 Å². The normalized spacial score (nSPS) is 10.5. The molecule has 1 heterocycles. The van der Waals surface area contributed by atoms with Gasteiger partial charge >= 0.3 is 0 Å². The molecule has 0 fully saturated rings. The van der Waals surface area contributed by atoms with Gasteiger partial charge < -0.3 is 0 Å². The van der Waals surface area contributed by atoms with Crippen LogP contribution in [0.5, 0.6) is 0 Å². The van der Waals surface area contributed by atoms with Crippen LogP contribution in [0.25, 0.3) is 5.69 Å². The minimum Gasteiger partial charge on any atom is -0.274 e. The first kappa shape index (κ1) is 23.6. The highest BCUT2D eigenvalue weighted by Crippen LogP contribution is 2.23. The third-order valence-electron chi connectivity index (χ3n) is 4.89. The highest BCUT2D eigenvalue weighted by atomic mass is 32.2. The Morgan fingerprint density at radius 2 is 1.63 bits per heavy atom. The monoisotopic (exact) mass is 488 g/mol. The van der Waals surface area contributed by atoms with Gasteiger partial charge in [0.05, 0.1) is 10.7 Å². The van der Waals surface area contributed by atoms with Gasteiger partial charge in [-0.05, 0) is 23.8 Å². The Hall–Kier alpha value is -4.51. The Balaban J connectivity index is 1.42. The number of nitro groups is 1. The lowest BCUT2D eigenvalue weighted by Crippen LogP contribution is -2.42. The van der Waals surface area contributed by atoms with Crippen molar-refractivity contribution in [2.24, 2.45) is 0 Å². The van der Waals surface area contributed by atoms with Crippen LogP contribution in [0.2, 0.25) is 0 Å². The van der Waals surface area contributed by atoms with E-state index in [1.54, 1.807) is 0 Å². The maximum Gasteiger partial charge on any atom is 0.270 e. The first-order valence-corrected chi connectivity index (χ1v) is 11.5. The number of carbonyl (C=O) groups is 2. The number of thioether (sulfide) groups is 1. The highest BCUT2D eigenvalue weighted by molar-refractivity contribution is 7.99. The molecule has 1 aromatic heterocycles. The molecule has 3 aromatic carbocycles. The van der Waals surface area contributed by atoms with Crippen molar-refractivity contribution in [1.82, 2.24) is 25.6 Å². The highest BCUT2D eigenvalue weighted by Gasteiger charge is 2.17. The van der Waals surface area contributed by atoms with Crippen LogP contribution in [0.15, 0.2) is 90.1 Å². The van der Waals surface area contributed by atoms with E-state index in [2.05, 4.69) is 21.0 Å². The van der Waals surface area contributed by atoms with Gasteiger partial charge in [-0.2, -0.15) is 0 Å². The fourth-order valence-electron chi connectivity index (χ4n) is 3.25. The van der Waals surface area contributed by atoms with Gasteiger partial charge in [0.2, 0.25) is 5.91 Å². The van der Waals surface area contributed by atoms with Crippen LogP contribution >= 0.6 is 11.8 Å². The standard InChI is InChI=1S/C24H20N6O4S/c31-22(26-27-23(32)18-10-7-13-20(15-18)30(33)34)16-35-24-28-25-21(14-17-8-3-1-4-9-17)29(24)19-11-5-2-6-12-19/h1-13,15H,14,16H2,(H,26,31)(H,27,32). The van der Waals surface area contributed by atoms with E-state index in [1.807, 2.05) is 65.2 Å². The van der Waals surface area contributed by atoms with Crippen LogP contribution in [0.3, 0.4) is 0 Å². The molecule has 4 aromatic rings. The SMILES string of the molecule is O=C(CSc1nnc(Cc2ccccc2)n1-c1ccccc1)NNC(=O)c1cccc([N+](=O)[O-])c1. The summed E-state index contributed by atoms with van der Waals surface area (Å²) >= 11 is 1.17. The number of nitrogens with one attached hydrogen (secondary N) is 2. The first-order valence-electron chi connectivity index (χ1n) is 10.5. The lowest BCUT2D eigenvalue weighted by Gasteiger charge is -2.11. The van der Waals surface area contributed by atoms with Crippen molar-refractivity contribution in [3.8, 4) is 5.69 Å². The molecule has 0 saturated heterocycles. The number of non-ortho nitro benzene ring substituents is 1. The molecule has 0 aliphatic heterocycles. The number of nitro benzene ring substituents is 1. The smallest absolute Gasteiger partial charge is 0.270 e. The molecule has 176 valence electrons. The van der Waals surface area contributed by atoms with Crippen molar-refractivity contribution in [1.29, 1.82) is 0 Å². The molecule has 0 spiro atoms. The molecule has 0 aliphatic carbocycles. The lowest BCUT2D eigenvalue weighted by atomic mass is 10.1.